The van der Waals surface area contributed by atoms with Crippen molar-refractivity contribution in [3.8, 4) is 0 Å². The topological polar surface area (TPSA) is 12.0 Å². The largest absolute Gasteiger partial charge is 0.382 e. The molecule has 1 aromatic rings. The van der Waals surface area contributed by atoms with Crippen molar-refractivity contribution in [1.29, 1.82) is 0 Å². The average Bonchev–Trinajstić information content (AvgIpc) is 2.29. The minimum Gasteiger partial charge on any atom is -0.382 e. The molecular weight excluding hydrogens is 281 g/mol. The molecular formula is C14H19BrFN. The fourth-order valence-corrected chi connectivity index (χ4v) is 2.78. The van der Waals surface area contributed by atoms with Gasteiger partial charge in [-0.05, 0) is 58.8 Å². The normalized spacial score (nSPS) is 29.1. The van der Waals surface area contributed by atoms with Crippen LogP contribution in [0.15, 0.2) is 22.7 Å². The van der Waals surface area contributed by atoms with E-state index in [1.165, 1.54) is 19.3 Å². The third-order valence-corrected chi connectivity index (χ3v) is 4.37. The summed E-state index contributed by atoms with van der Waals surface area (Å²) in [6.45, 7) is 4.57. The first kappa shape index (κ1) is 12.9. The predicted molar refractivity (Wildman–Crippen MR) is 73.7 cm³/mol. The van der Waals surface area contributed by atoms with E-state index in [9.17, 15) is 4.39 Å². The Morgan fingerprint density at radius 2 is 2.06 bits per heavy atom. The highest BCUT2D eigenvalue weighted by atomic mass is 79.9. The van der Waals surface area contributed by atoms with Gasteiger partial charge in [0.1, 0.15) is 5.82 Å². The minimum absolute atomic E-state index is 0.202. The maximum absolute atomic E-state index is 13.4. The lowest BCUT2D eigenvalue weighted by atomic mass is 9.80. The highest BCUT2D eigenvalue weighted by molar-refractivity contribution is 9.10. The number of hydrogen-bond acceptors (Lipinski definition) is 1. The molecule has 1 N–H and O–H groups in total. The maximum atomic E-state index is 13.4. The van der Waals surface area contributed by atoms with Crippen molar-refractivity contribution >= 4 is 21.6 Å². The molecule has 0 radical (unpaired) electrons. The SMILES string of the molecule is CC1CCC(C)C(Nc2ccc(Br)c(F)c2)C1. The summed E-state index contributed by atoms with van der Waals surface area (Å²) in [7, 11) is 0. The van der Waals surface area contributed by atoms with Crippen LogP contribution >= 0.6 is 15.9 Å². The highest BCUT2D eigenvalue weighted by Gasteiger charge is 2.25. The lowest BCUT2D eigenvalue weighted by Crippen LogP contribution is -2.33. The van der Waals surface area contributed by atoms with E-state index in [-0.39, 0.29) is 5.82 Å². The van der Waals surface area contributed by atoms with Gasteiger partial charge < -0.3 is 5.32 Å². The van der Waals surface area contributed by atoms with Gasteiger partial charge in [0.25, 0.3) is 0 Å². The van der Waals surface area contributed by atoms with Crippen molar-refractivity contribution in [2.24, 2.45) is 11.8 Å². The summed E-state index contributed by atoms with van der Waals surface area (Å²) < 4.78 is 13.9. The van der Waals surface area contributed by atoms with E-state index in [1.54, 1.807) is 12.1 Å². The molecule has 0 aliphatic heterocycles. The zero-order valence-corrected chi connectivity index (χ0v) is 11.9. The Bertz CT molecular complexity index is 394. The van der Waals surface area contributed by atoms with E-state index in [0.717, 1.165) is 11.6 Å². The molecule has 1 aromatic carbocycles. The molecule has 2 rings (SSSR count). The Morgan fingerprint density at radius 3 is 2.76 bits per heavy atom. The Hall–Kier alpha value is -0.570. The molecule has 0 saturated heterocycles. The summed E-state index contributed by atoms with van der Waals surface area (Å²) in [5.41, 5.74) is 0.886. The molecule has 94 valence electrons. The van der Waals surface area contributed by atoms with Crippen LogP contribution in [0.3, 0.4) is 0 Å². The lowest BCUT2D eigenvalue weighted by molar-refractivity contribution is 0.280. The van der Waals surface area contributed by atoms with Crippen molar-refractivity contribution in [3.05, 3.63) is 28.5 Å². The van der Waals surface area contributed by atoms with Crippen LogP contribution in [0, 0.1) is 17.7 Å². The van der Waals surface area contributed by atoms with Crippen LogP contribution in [-0.4, -0.2) is 6.04 Å². The fourth-order valence-electron chi connectivity index (χ4n) is 2.53. The molecule has 1 aliphatic carbocycles. The zero-order valence-electron chi connectivity index (χ0n) is 10.3. The second-order valence-corrected chi connectivity index (χ2v) is 6.13. The molecule has 1 fully saturated rings. The monoisotopic (exact) mass is 299 g/mol. The summed E-state index contributed by atoms with van der Waals surface area (Å²) in [6.07, 6.45) is 3.75. The molecule has 1 aliphatic rings. The van der Waals surface area contributed by atoms with E-state index >= 15 is 0 Å². The fraction of sp³-hybridized carbons (Fsp3) is 0.571. The van der Waals surface area contributed by atoms with Gasteiger partial charge in [0.15, 0.2) is 0 Å². The van der Waals surface area contributed by atoms with Crippen molar-refractivity contribution in [2.75, 3.05) is 5.32 Å². The molecule has 0 spiro atoms. The van der Waals surface area contributed by atoms with Crippen LogP contribution in [0.25, 0.3) is 0 Å². The van der Waals surface area contributed by atoms with Gasteiger partial charge in [-0.25, -0.2) is 4.39 Å². The van der Waals surface area contributed by atoms with Crippen LogP contribution in [0.4, 0.5) is 10.1 Å². The van der Waals surface area contributed by atoms with E-state index in [0.29, 0.717) is 16.4 Å². The first-order chi connectivity index (χ1) is 8.06. The summed E-state index contributed by atoms with van der Waals surface area (Å²) in [4.78, 5) is 0. The minimum atomic E-state index is -0.202. The maximum Gasteiger partial charge on any atom is 0.139 e. The summed E-state index contributed by atoms with van der Waals surface area (Å²) >= 11 is 3.17. The van der Waals surface area contributed by atoms with Crippen molar-refractivity contribution < 1.29 is 4.39 Å². The quantitative estimate of drug-likeness (QED) is 0.825. The van der Waals surface area contributed by atoms with Crippen LogP contribution < -0.4 is 5.32 Å². The molecule has 3 unspecified atom stereocenters. The molecule has 3 heteroatoms. The van der Waals surface area contributed by atoms with Crippen LogP contribution in [0.2, 0.25) is 0 Å². The van der Waals surface area contributed by atoms with Gasteiger partial charge in [-0.2, -0.15) is 0 Å². The van der Waals surface area contributed by atoms with E-state index < -0.39 is 0 Å². The number of rotatable bonds is 2. The summed E-state index contributed by atoms with van der Waals surface area (Å²) in [6, 6.07) is 5.73. The van der Waals surface area contributed by atoms with Crippen molar-refractivity contribution in [1.82, 2.24) is 0 Å². The highest BCUT2D eigenvalue weighted by Crippen LogP contribution is 2.31. The first-order valence-corrected chi connectivity index (χ1v) is 7.07. The number of halogens is 2. The Kier molecular flexibility index (Phi) is 4.08. The van der Waals surface area contributed by atoms with E-state index in [4.69, 9.17) is 0 Å². The first-order valence-electron chi connectivity index (χ1n) is 6.28. The molecule has 0 heterocycles. The van der Waals surface area contributed by atoms with E-state index in [1.807, 2.05) is 6.07 Å². The van der Waals surface area contributed by atoms with E-state index in [2.05, 4.69) is 35.1 Å². The van der Waals surface area contributed by atoms with Crippen molar-refractivity contribution in [3.63, 3.8) is 0 Å². The second-order valence-electron chi connectivity index (χ2n) is 5.28. The number of hydrogen-bond donors (Lipinski definition) is 1. The third kappa shape index (κ3) is 3.21. The van der Waals surface area contributed by atoms with Gasteiger partial charge in [0, 0.05) is 11.7 Å². The van der Waals surface area contributed by atoms with Gasteiger partial charge in [-0.3, -0.25) is 0 Å². The summed E-state index contributed by atoms with van der Waals surface area (Å²) in [5, 5.41) is 3.47. The van der Waals surface area contributed by atoms with Crippen molar-refractivity contribution in [2.45, 2.75) is 39.2 Å². The molecule has 1 saturated carbocycles. The lowest BCUT2D eigenvalue weighted by Gasteiger charge is -2.34. The zero-order chi connectivity index (χ0) is 12.4. The van der Waals surface area contributed by atoms with Crippen LogP contribution in [0.1, 0.15) is 33.1 Å². The molecule has 0 aromatic heterocycles. The number of benzene rings is 1. The molecule has 0 amide bonds. The van der Waals surface area contributed by atoms with Gasteiger partial charge >= 0.3 is 0 Å². The number of nitrogens with one attached hydrogen (secondary N) is 1. The standard InChI is InChI=1S/C14H19BrFN/c1-9-3-4-10(2)14(7-9)17-11-5-6-12(15)13(16)8-11/h5-6,8-10,14,17H,3-4,7H2,1-2H3. The van der Waals surface area contributed by atoms with Crippen LogP contribution in [0.5, 0.6) is 0 Å². The number of anilines is 1. The summed E-state index contributed by atoms with van der Waals surface area (Å²) in [5.74, 6) is 1.23. The van der Waals surface area contributed by atoms with Gasteiger partial charge in [0.05, 0.1) is 4.47 Å². The Morgan fingerprint density at radius 1 is 1.29 bits per heavy atom. The molecule has 1 nitrogen and oxygen atoms in total. The molecule has 17 heavy (non-hydrogen) atoms. The average molecular weight is 300 g/mol. The predicted octanol–water partition coefficient (Wildman–Crippen LogP) is 4.82. The van der Waals surface area contributed by atoms with Gasteiger partial charge in [0.2, 0.25) is 0 Å². The van der Waals surface area contributed by atoms with Crippen LogP contribution in [-0.2, 0) is 0 Å². The smallest absolute Gasteiger partial charge is 0.139 e. The second kappa shape index (κ2) is 5.38. The van der Waals surface area contributed by atoms with Gasteiger partial charge in [-0.15, -0.1) is 0 Å². The molecule has 0 bridgehead atoms. The van der Waals surface area contributed by atoms with Gasteiger partial charge in [-0.1, -0.05) is 20.3 Å². The Labute approximate surface area is 111 Å². The third-order valence-electron chi connectivity index (χ3n) is 3.73. The Balaban J connectivity index is 2.06. The molecule has 3 atom stereocenters.